The van der Waals surface area contributed by atoms with E-state index in [9.17, 15) is 14.4 Å². The number of anilines is 1. The average Bonchev–Trinajstić information content (AvgIpc) is 3.38. The van der Waals surface area contributed by atoms with E-state index in [4.69, 9.17) is 9.15 Å². The predicted octanol–water partition coefficient (Wildman–Crippen LogP) is 3.07. The average molecular weight is 405 g/mol. The first kappa shape index (κ1) is 19.3. The summed E-state index contributed by atoms with van der Waals surface area (Å²) >= 11 is 0. The summed E-state index contributed by atoms with van der Waals surface area (Å²) in [5, 5.41) is 0. The summed E-state index contributed by atoms with van der Waals surface area (Å²) in [4.78, 5) is 40.7. The van der Waals surface area contributed by atoms with Gasteiger partial charge in [0.05, 0.1) is 23.9 Å². The van der Waals surface area contributed by atoms with Crippen LogP contribution in [0.3, 0.4) is 0 Å². The van der Waals surface area contributed by atoms with Gasteiger partial charge in [-0.15, -0.1) is 0 Å². The molecule has 2 aromatic heterocycles. The molecule has 3 aromatic rings. The highest BCUT2D eigenvalue weighted by molar-refractivity contribution is 6.24. The number of nitrogens with zero attached hydrogens (tertiary/aromatic N) is 3. The number of imide groups is 1. The van der Waals surface area contributed by atoms with Crippen LogP contribution in [0.25, 0.3) is 5.69 Å². The van der Waals surface area contributed by atoms with Gasteiger partial charge in [0.25, 0.3) is 5.56 Å². The van der Waals surface area contributed by atoms with E-state index in [1.54, 1.807) is 55.1 Å². The third-order valence-corrected chi connectivity index (χ3v) is 4.83. The molecule has 0 atom stereocenters. The van der Waals surface area contributed by atoms with Crippen LogP contribution in [-0.4, -0.2) is 21.2 Å². The molecule has 0 radical (unpaired) electrons. The van der Waals surface area contributed by atoms with Gasteiger partial charge in [0.1, 0.15) is 5.69 Å². The van der Waals surface area contributed by atoms with Crippen molar-refractivity contribution >= 4 is 17.5 Å². The Morgan fingerprint density at radius 1 is 1.07 bits per heavy atom. The van der Waals surface area contributed by atoms with Crippen molar-refractivity contribution in [3.63, 3.8) is 0 Å². The summed E-state index contributed by atoms with van der Waals surface area (Å²) in [6, 6.07) is 11.9. The van der Waals surface area contributed by atoms with Crippen molar-refractivity contribution in [2.45, 2.75) is 13.3 Å². The molecule has 0 saturated carbocycles. The van der Waals surface area contributed by atoms with Gasteiger partial charge in [0, 0.05) is 7.05 Å². The van der Waals surface area contributed by atoms with E-state index in [1.807, 2.05) is 6.07 Å². The maximum atomic E-state index is 13.4. The Bertz CT molecular complexity index is 1210. The minimum absolute atomic E-state index is 0.0358. The summed E-state index contributed by atoms with van der Waals surface area (Å²) in [5.41, 5.74) is 0.463. The fraction of sp³-hybridized carbons (Fsp3) is 0.136. The number of carbonyl (C=O) groups is 2. The second kappa shape index (κ2) is 7.75. The number of allylic oxidation sites excluding steroid dienone is 2. The fourth-order valence-corrected chi connectivity index (χ4v) is 3.27. The normalized spacial score (nSPS) is 12.9. The first-order valence-electron chi connectivity index (χ1n) is 9.29. The zero-order chi connectivity index (χ0) is 21.3. The van der Waals surface area contributed by atoms with E-state index in [-0.39, 0.29) is 17.2 Å². The lowest BCUT2D eigenvalue weighted by Gasteiger charge is -2.20. The summed E-state index contributed by atoms with van der Waals surface area (Å²) in [7, 11) is 1.69. The Balaban J connectivity index is 1.90. The van der Waals surface area contributed by atoms with Crippen molar-refractivity contribution in [1.82, 2.24) is 9.36 Å². The first-order valence-corrected chi connectivity index (χ1v) is 9.29. The van der Waals surface area contributed by atoms with Gasteiger partial charge in [0.15, 0.2) is 11.5 Å². The molecule has 3 heterocycles. The Morgan fingerprint density at radius 2 is 1.83 bits per heavy atom. The number of amides is 2. The Labute approximate surface area is 171 Å². The highest BCUT2D eigenvalue weighted by Crippen LogP contribution is 2.24. The Kier molecular flexibility index (Phi) is 4.97. The van der Waals surface area contributed by atoms with Crippen LogP contribution >= 0.6 is 0 Å². The van der Waals surface area contributed by atoms with Crippen LogP contribution in [0.1, 0.15) is 22.7 Å². The monoisotopic (exact) mass is 405 g/mol. The molecular formula is C22H19N3O5. The highest BCUT2D eigenvalue weighted by atomic mass is 16.5. The predicted molar refractivity (Wildman–Crippen MR) is 109 cm³/mol. The molecule has 0 N–H and O–H groups in total. The number of carbonyl (C=O) groups excluding carboxylic acids is 2. The van der Waals surface area contributed by atoms with Gasteiger partial charge in [-0.25, -0.2) is 9.58 Å². The Morgan fingerprint density at radius 3 is 2.47 bits per heavy atom. The van der Waals surface area contributed by atoms with Gasteiger partial charge >= 0.3 is 11.8 Å². The van der Waals surface area contributed by atoms with Gasteiger partial charge in [-0.05, 0) is 49.8 Å². The van der Waals surface area contributed by atoms with Crippen LogP contribution in [0.5, 0.6) is 0 Å². The number of para-hydroxylation sites is 1. The van der Waals surface area contributed by atoms with E-state index < -0.39 is 17.4 Å². The highest BCUT2D eigenvalue weighted by Gasteiger charge is 2.35. The molecule has 1 aliphatic rings. The van der Waals surface area contributed by atoms with E-state index >= 15 is 0 Å². The number of furan rings is 1. The van der Waals surface area contributed by atoms with Crippen LogP contribution in [-0.2, 0) is 16.6 Å². The minimum Gasteiger partial charge on any atom is -0.460 e. The molecule has 0 spiro atoms. The summed E-state index contributed by atoms with van der Waals surface area (Å²) < 4.78 is 13.5. The summed E-state index contributed by atoms with van der Waals surface area (Å²) in [5.74, 6) is -1.60. The van der Waals surface area contributed by atoms with Crippen molar-refractivity contribution in [1.29, 1.82) is 0 Å². The van der Waals surface area contributed by atoms with Crippen LogP contribution in [0.4, 0.5) is 5.69 Å². The number of benzene rings is 1. The third-order valence-electron chi connectivity index (χ3n) is 4.83. The fourth-order valence-electron chi connectivity index (χ4n) is 3.27. The van der Waals surface area contributed by atoms with Crippen molar-refractivity contribution < 1.29 is 18.7 Å². The van der Waals surface area contributed by atoms with E-state index in [0.717, 1.165) is 4.90 Å². The molecule has 0 fully saturated rings. The van der Waals surface area contributed by atoms with E-state index in [1.165, 1.54) is 29.3 Å². The quantitative estimate of drug-likeness (QED) is 0.623. The standard InChI is InChI=1S/C22H19N3O5/c1-15-19(22(28)25(23(15)2)16-9-4-3-5-10-16)24(21(27)18-12-8-14-30-18)20(26)17-11-6-7-13-29-17/h3-5,7-14H,6H2,1-2H3. The van der Waals surface area contributed by atoms with Gasteiger partial charge < -0.3 is 9.15 Å². The lowest BCUT2D eigenvalue weighted by Crippen LogP contribution is -2.41. The van der Waals surface area contributed by atoms with Crippen molar-refractivity contribution in [3.05, 3.63) is 94.7 Å². The number of aromatic nitrogens is 2. The maximum absolute atomic E-state index is 13.4. The molecule has 4 rings (SSSR count). The first-order chi connectivity index (χ1) is 14.5. The van der Waals surface area contributed by atoms with Gasteiger partial charge in [-0.1, -0.05) is 18.2 Å². The van der Waals surface area contributed by atoms with Crippen LogP contribution in [0.15, 0.2) is 82.1 Å². The van der Waals surface area contributed by atoms with Crippen LogP contribution in [0.2, 0.25) is 0 Å². The van der Waals surface area contributed by atoms with Crippen molar-refractivity contribution in [3.8, 4) is 5.69 Å². The van der Waals surface area contributed by atoms with Crippen LogP contribution < -0.4 is 10.5 Å². The SMILES string of the molecule is Cc1c(N(C(=O)C2=CCC=CO2)C(=O)c2ccco2)c(=O)n(-c2ccccc2)n1C. The third kappa shape index (κ3) is 3.18. The molecule has 30 heavy (non-hydrogen) atoms. The molecule has 2 amide bonds. The molecule has 8 heteroatoms. The molecule has 1 aliphatic heterocycles. The topological polar surface area (TPSA) is 86.7 Å². The molecule has 1 aromatic carbocycles. The van der Waals surface area contributed by atoms with Gasteiger partial charge in [-0.3, -0.25) is 19.1 Å². The number of rotatable bonds is 4. The van der Waals surface area contributed by atoms with Gasteiger partial charge in [-0.2, -0.15) is 0 Å². The lowest BCUT2D eigenvalue weighted by molar-refractivity contribution is -0.117. The minimum atomic E-state index is -0.755. The zero-order valence-corrected chi connectivity index (χ0v) is 16.4. The molecule has 0 unspecified atom stereocenters. The number of hydrogen-bond donors (Lipinski definition) is 0. The van der Waals surface area contributed by atoms with E-state index in [0.29, 0.717) is 17.8 Å². The molecule has 8 nitrogen and oxygen atoms in total. The summed E-state index contributed by atoms with van der Waals surface area (Å²) in [6.07, 6.45) is 6.47. The molecular weight excluding hydrogens is 386 g/mol. The lowest BCUT2D eigenvalue weighted by atomic mass is 10.2. The second-order valence-corrected chi connectivity index (χ2v) is 6.63. The van der Waals surface area contributed by atoms with Crippen molar-refractivity contribution in [2.24, 2.45) is 7.05 Å². The van der Waals surface area contributed by atoms with Crippen molar-refractivity contribution in [2.75, 3.05) is 4.90 Å². The van der Waals surface area contributed by atoms with Crippen LogP contribution in [0, 0.1) is 6.92 Å². The maximum Gasteiger partial charge on any atom is 0.301 e. The van der Waals surface area contributed by atoms with Gasteiger partial charge in [0.2, 0.25) is 0 Å². The second-order valence-electron chi connectivity index (χ2n) is 6.63. The summed E-state index contributed by atoms with van der Waals surface area (Å²) in [6.45, 7) is 1.67. The number of ether oxygens (including phenoxy) is 1. The number of hydrogen-bond acceptors (Lipinski definition) is 5. The molecule has 152 valence electrons. The smallest absolute Gasteiger partial charge is 0.301 e. The Hall–Kier alpha value is -4.07. The molecule has 0 bridgehead atoms. The van der Waals surface area contributed by atoms with E-state index in [2.05, 4.69) is 0 Å². The largest absolute Gasteiger partial charge is 0.460 e. The molecule has 0 saturated heterocycles. The molecule has 0 aliphatic carbocycles. The zero-order valence-electron chi connectivity index (χ0n) is 16.4.